The Morgan fingerprint density at radius 3 is 2.44 bits per heavy atom. The number of carbonyl (C=O) groups is 1. The van der Waals surface area contributed by atoms with Crippen LogP contribution in [0.4, 0.5) is 0 Å². The zero-order valence-corrected chi connectivity index (χ0v) is 10.6. The average molecular weight is 229 g/mol. The molecule has 1 heterocycles. The van der Waals surface area contributed by atoms with Gasteiger partial charge in [0.25, 0.3) is 0 Å². The van der Waals surface area contributed by atoms with E-state index in [4.69, 9.17) is 9.47 Å². The van der Waals surface area contributed by atoms with Crippen LogP contribution in [-0.4, -0.2) is 49.8 Å². The van der Waals surface area contributed by atoms with Crippen LogP contribution in [0, 0.1) is 0 Å². The number of amides is 1. The second-order valence-corrected chi connectivity index (χ2v) is 4.48. The molecule has 2 atom stereocenters. The fourth-order valence-electron chi connectivity index (χ4n) is 2.29. The first-order valence-electron chi connectivity index (χ1n) is 6.04. The largest absolute Gasteiger partial charge is 0.382 e. The molecule has 1 saturated heterocycles. The third-order valence-corrected chi connectivity index (χ3v) is 3.14. The minimum Gasteiger partial charge on any atom is -0.382 e. The van der Waals surface area contributed by atoms with Crippen LogP contribution in [0.25, 0.3) is 0 Å². The highest BCUT2D eigenvalue weighted by molar-refractivity contribution is 5.78. The van der Waals surface area contributed by atoms with E-state index in [0.29, 0.717) is 25.3 Å². The molecule has 0 bridgehead atoms. The average Bonchev–Trinajstić information content (AvgIpc) is 2.24. The number of likely N-dealkylation sites (tertiary alicyclic amines) is 1. The van der Waals surface area contributed by atoms with Crippen molar-refractivity contribution in [3.8, 4) is 0 Å². The molecule has 4 heteroatoms. The van der Waals surface area contributed by atoms with Crippen molar-refractivity contribution in [1.29, 1.82) is 0 Å². The van der Waals surface area contributed by atoms with Crippen LogP contribution < -0.4 is 0 Å². The third-order valence-electron chi connectivity index (χ3n) is 3.14. The molecule has 0 aromatic heterocycles. The molecule has 16 heavy (non-hydrogen) atoms. The lowest BCUT2D eigenvalue weighted by Gasteiger charge is -2.39. The second-order valence-electron chi connectivity index (χ2n) is 4.48. The minimum absolute atomic E-state index is 0.107. The van der Waals surface area contributed by atoms with Crippen LogP contribution in [0.5, 0.6) is 0 Å². The highest BCUT2D eigenvalue weighted by Gasteiger charge is 2.28. The van der Waals surface area contributed by atoms with Crippen molar-refractivity contribution in [3.63, 3.8) is 0 Å². The maximum Gasteiger partial charge on any atom is 0.249 e. The lowest BCUT2D eigenvalue weighted by Crippen LogP contribution is -2.49. The Balaban J connectivity index is 2.33. The Morgan fingerprint density at radius 1 is 1.25 bits per heavy atom. The van der Waals surface area contributed by atoms with Gasteiger partial charge in [0, 0.05) is 19.2 Å². The van der Waals surface area contributed by atoms with Gasteiger partial charge in [0.1, 0.15) is 6.61 Å². The maximum atomic E-state index is 11.9. The number of carbonyl (C=O) groups excluding carboxylic acids is 1. The van der Waals surface area contributed by atoms with Crippen molar-refractivity contribution < 1.29 is 14.3 Å². The van der Waals surface area contributed by atoms with Crippen molar-refractivity contribution in [1.82, 2.24) is 4.90 Å². The van der Waals surface area contributed by atoms with Crippen LogP contribution >= 0.6 is 0 Å². The molecule has 0 saturated carbocycles. The molecule has 0 aromatic carbocycles. The zero-order chi connectivity index (χ0) is 12.0. The summed E-state index contributed by atoms with van der Waals surface area (Å²) in [6, 6.07) is 0.699. The molecule has 1 rings (SSSR count). The smallest absolute Gasteiger partial charge is 0.249 e. The molecular formula is C12H23NO3. The van der Waals surface area contributed by atoms with Gasteiger partial charge in [0.15, 0.2) is 0 Å². The summed E-state index contributed by atoms with van der Waals surface area (Å²) in [4.78, 5) is 13.9. The molecule has 1 fully saturated rings. The molecule has 1 aliphatic rings. The Morgan fingerprint density at radius 2 is 1.88 bits per heavy atom. The van der Waals surface area contributed by atoms with Gasteiger partial charge in [-0.2, -0.15) is 0 Å². The quantitative estimate of drug-likeness (QED) is 0.670. The maximum absolute atomic E-state index is 11.9. The molecule has 0 aromatic rings. The number of hydrogen-bond acceptors (Lipinski definition) is 3. The predicted octanol–water partition coefficient (Wildman–Crippen LogP) is 1.44. The second kappa shape index (κ2) is 6.86. The van der Waals surface area contributed by atoms with E-state index in [1.807, 2.05) is 4.90 Å². The first-order valence-corrected chi connectivity index (χ1v) is 6.04. The topological polar surface area (TPSA) is 38.8 Å². The van der Waals surface area contributed by atoms with Gasteiger partial charge in [-0.25, -0.2) is 0 Å². The first-order chi connectivity index (χ1) is 7.66. The summed E-state index contributed by atoms with van der Waals surface area (Å²) >= 11 is 0. The Kier molecular flexibility index (Phi) is 5.77. The van der Waals surface area contributed by atoms with E-state index in [1.54, 1.807) is 7.11 Å². The standard InChI is InChI=1S/C12H23NO3/c1-10-5-4-6-11(2)13(10)12(14)9-16-8-7-15-3/h10-11H,4-9H2,1-3H3/t10-,11+. The Hall–Kier alpha value is -0.610. The molecule has 1 amide bonds. The zero-order valence-electron chi connectivity index (χ0n) is 10.6. The molecule has 1 aliphatic heterocycles. The van der Waals surface area contributed by atoms with E-state index in [2.05, 4.69) is 13.8 Å². The van der Waals surface area contributed by atoms with Gasteiger partial charge in [0.2, 0.25) is 5.91 Å². The highest BCUT2D eigenvalue weighted by Crippen LogP contribution is 2.22. The van der Waals surface area contributed by atoms with Crippen molar-refractivity contribution in [2.45, 2.75) is 45.2 Å². The van der Waals surface area contributed by atoms with Gasteiger partial charge >= 0.3 is 0 Å². The van der Waals surface area contributed by atoms with E-state index in [-0.39, 0.29) is 12.5 Å². The van der Waals surface area contributed by atoms with Crippen molar-refractivity contribution in [2.75, 3.05) is 26.9 Å². The summed E-state index contributed by atoms with van der Waals surface area (Å²) in [7, 11) is 1.62. The van der Waals surface area contributed by atoms with Crippen LogP contribution in [0.2, 0.25) is 0 Å². The van der Waals surface area contributed by atoms with Gasteiger partial charge in [-0.15, -0.1) is 0 Å². The van der Waals surface area contributed by atoms with Gasteiger partial charge in [-0.1, -0.05) is 0 Å². The van der Waals surface area contributed by atoms with Crippen molar-refractivity contribution >= 4 is 5.91 Å². The molecular weight excluding hydrogens is 206 g/mol. The number of rotatable bonds is 5. The lowest BCUT2D eigenvalue weighted by molar-refractivity contribution is -0.142. The molecule has 4 nitrogen and oxygen atoms in total. The van der Waals surface area contributed by atoms with E-state index in [0.717, 1.165) is 12.8 Å². The van der Waals surface area contributed by atoms with E-state index < -0.39 is 0 Å². The van der Waals surface area contributed by atoms with Gasteiger partial charge in [0.05, 0.1) is 13.2 Å². The summed E-state index contributed by atoms with van der Waals surface area (Å²) in [6.07, 6.45) is 3.43. The van der Waals surface area contributed by atoms with Crippen molar-refractivity contribution in [3.05, 3.63) is 0 Å². The molecule has 0 aliphatic carbocycles. The van der Waals surface area contributed by atoms with Crippen LogP contribution in [-0.2, 0) is 14.3 Å². The molecule has 0 radical (unpaired) electrons. The normalized spacial score (nSPS) is 25.8. The first kappa shape index (κ1) is 13.5. The SMILES string of the molecule is COCCOCC(=O)N1[C@H](C)CCC[C@@H]1C. The van der Waals surface area contributed by atoms with E-state index in [1.165, 1.54) is 6.42 Å². The van der Waals surface area contributed by atoms with Gasteiger partial charge < -0.3 is 14.4 Å². The van der Waals surface area contributed by atoms with Gasteiger partial charge in [-0.05, 0) is 33.1 Å². The summed E-state index contributed by atoms with van der Waals surface area (Å²) < 4.78 is 10.1. The molecule has 94 valence electrons. The summed E-state index contributed by atoms with van der Waals surface area (Å²) in [5.41, 5.74) is 0. The number of nitrogens with zero attached hydrogens (tertiary/aromatic N) is 1. The third kappa shape index (κ3) is 3.76. The lowest BCUT2D eigenvalue weighted by atomic mass is 9.97. The number of methoxy groups -OCH3 is 1. The summed E-state index contributed by atoms with van der Waals surface area (Å²) in [6.45, 7) is 5.43. The number of hydrogen-bond donors (Lipinski definition) is 0. The fourth-order valence-corrected chi connectivity index (χ4v) is 2.29. The fraction of sp³-hybridized carbons (Fsp3) is 0.917. The number of ether oxygens (including phenoxy) is 2. The van der Waals surface area contributed by atoms with Crippen LogP contribution in [0.1, 0.15) is 33.1 Å². The molecule has 0 unspecified atom stereocenters. The van der Waals surface area contributed by atoms with Crippen LogP contribution in [0.3, 0.4) is 0 Å². The highest BCUT2D eigenvalue weighted by atomic mass is 16.5. The molecule has 0 spiro atoms. The number of piperidine rings is 1. The molecule has 0 N–H and O–H groups in total. The summed E-state index contributed by atoms with van der Waals surface area (Å²) in [5, 5.41) is 0. The Bertz CT molecular complexity index is 210. The van der Waals surface area contributed by atoms with Crippen molar-refractivity contribution in [2.24, 2.45) is 0 Å². The Labute approximate surface area is 97.9 Å². The predicted molar refractivity (Wildman–Crippen MR) is 62.3 cm³/mol. The monoisotopic (exact) mass is 229 g/mol. The summed E-state index contributed by atoms with van der Waals surface area (Å²) in [5.74, 6) is 0.107. The van der Waals surface area contributed by atoms with Gasteiger partial charge in [-0.3, -0.25) is 4.79 Å². The van der Waals surface area contributed by atoms with E-state index >= 15 is 0 Å². The van der Waals surface area contributed by atoms with E-state index in [9.17, 15) is 4.79 Å². The van der Waals surface area contributed by atoms with Crippen LogP contribution in [0.15, 0.2) is 0 Å². The minimum atomic E-state index is 0.107.